The highest BCUT2D eigenvalue weighted by atomic mass is 35.5. The zero-order valence-corrected chi connectivity index (χ0v) is 12.6. The lowest BCUT2D eigenvalue weighted by molar-refractivity contribution is 0.106. The smallest absolute Gasteiger partial charge is 0.411 e. The summed E-state index contributed by atoms with van der Waals surface area (Å²) in [6, 6.07) is 3.11. The highest BCUT2D eigenvalue weighted by Gasteiger charge is 2.13. The second-order valence-electron chi connectivity index (χ2n) is 3.94. The molecule has 19 heavy (non-hydrogen) atoms. The van der Waals surface area contributed by atoms with Gasteiger partial charge in [-0.15, -0.1) is 0 Å². The van der Waals surface area contributed by atoms with Gasteiger partial charge in [-0.2, -0.15) is 0 Å². The minimum absolute atomic E-state index is 0.0933. The Balaban J connectivity index is 2.75. The second kappa shape index (κ2) is 7.46. The summed E-state index contributed by atoms with van der Waals surface area (Å²) in [4.78, 5) is 11.7. The molecule has 4 nitrogen and oxygen atoms in total. The van der Waals surface area contributed by atoms with Crippen molar-refractivity contribution in [1.82, 2.24) is 0 Å². The van der Waals surface area contributed by atoms with Crippen molar-refractivity contribution >= 4 is 35.0 Å². The second-order valence-corrected chi connectivity index (χ2v) is 4.76. The highest BCUT2D eigenvalue weighted by molar-refractivity contribution is 6.37. The molecule has 0 saturated heterocycles. The molecule has 1 amide bonds. The third-order valence-electron chi connectivity index (χ3n) is 2.63. The molecule has 0 saturated carbocycles. The van der Waals surface area contributed by atoms with E-state index in [2.05, 4.69) is 5.32 Å². The number of anilines is 1. The maximum Gasteiger partial charge on any atom is 0.411 e. The van der Waals surface area contributed by atoms with Gasteiger partial charge in [-0.05, 0) is 25.0 Å². The fourth-order valence-electron chi connectivity index (χ4n) is 1.58. The average molecular weight is 306 g/mol. The molecule has 0 radical (unpaired) electrons. The number of rotatable bonds is 5. The molecular formula is C13H17Cl2NO3. The lowest BCUT2D eigenvalue weighted by Gasteiger charge is -2.15. The van der Waals surface area contributed by atoms with Gasteiger partial charge in [0.15, 0.2) is 5.75 Å². The molecule has 0 aliphatic carbocycles. The van der Waals surface area contributed by atoms with E-state index in [9.17, 15) is 4.79 Å². The third kappa shape index (κ3) is 4.48. The molecule has 0 bridgehead atoms. The fraction of sp³-hybridized carbons (Fsp3) is 0.462. The monoisotopic (exact) mass is 305 g/mol. The van der Waals surface area contributed by atoms with Gasteiger partial charge in [-0.3, -0.25) is 5.32 Å². The Kier molecular flexibility index (Phi) is 6.25. The van der Waals surface area contributed by atoms with Crippen molar-refractivity contribution < 1.29 is 14.3 Å². The van der Waals surface area contributed by atoms with Crippen LogP contribution in [0.5, 0.6) is 5.75 Å². The molecule has 1 aromatic rings. The highest BCUT2D eigenvalue weighted by Crippen LogP contribution is 2.35. The molecule has 106 valence electrons. The summed E-state index contributed by atoms with van der Waals surface area (Å²) >= 11 is 12.0. The average Bonchev–Trinajstić information content (AvgIpc) is 2.35. The van der Waals surface area contributed by atoms with Crippen molar-refractivity contribution in [2.45, 2.75) is 32.8 Å². The molecule has 0 atom stereocenters. The Morgan fingerprint density at radius 1 is 1.26 bits per heavy atom. The van der Waals surface area contributed by atoms with Crippen LogP contribution < -0.4 is 10.1 Å². The Labute approximate surface area is 123 Å². The molecule has 0 aliphatic heterocycles. The molecule has 1 rings (SSSR count). The summed E-state index contributed by atoms with van der Waals surface area (Å²) in [5.74, 6) is 0.377. The van der Waals surface area contributed by atoms with Crippen molar-refractivity contribution in [2.24, 2.45) is 0 Å². The molecule has 6 heteroatoms. The minimum Gasteiger partial charge on any atom is -0.494 e. The number of methoxy groups -OCH3 is 1. The fourth-order valence-corrected chi connectivity index (χ4v) is 2.22. The number of carbonyl (C=O) groups excluding carboxylic acids is 1. The van der Waals surface area contributed by atoms with Crippen LogP contribution in [-0.4, -0.2) is 19.3 Å². The number of nitrogens with one attached hydrogen (secondary N) is 1. The van der Waals surface area contributed by atoms with Crippen molar-refractivity contribution in [3.8, 4) is 5.75 Å². The van der Waals surface area contributed by atoms with Crippen LogP contribution in [0.15, 0.2) is 12.1 Å². The van der Waals surface area contributed by atoms with E-state index in [4.69, 9.17) is 32.7 Å². The maximum atomic E-state index is 11.7. The number of amides is 1. The Bertz CT molecular complexity index is 425. The molecule has 0 aromatic heterocycles. The van der Waals surface area contributed by atoms with Gasteiger partial charge >= 0.3 is 6.09 Å². The quantitative estimate of drug-likeness (QED) is 0.854. The van der Waals surface area contributed by atoms with Crippen LogP contribution in [0.2, 0.25) is 10.0 Å². The van der Waals surface area contributed by atoms with Crippen LogP contribution in [0.1, 0.15) is 26.7 Å². The number of ether oxygens (including phenoxy) is 2. The van der Waals surface area contributed by atoms with Gasteiger partial charge in [0.1, 0.15) is 6.10 Å². The normalized spacial score (nSPS) is 10.4. The van der Waals surface area contributed by atoms with Crippen LogP contribution in [0.25, 0.3) is 0 Å². The number of hydrogen-bond acceptors (Lipinski definition) is 3. The predicted molar refractivity (Wildman–Crippen MR) is 77.5 cm³/mol. The van der Waals surface area contributed by atoms with E-state index in [-0.39, 0.29) is 6.10 Å². The summed E-state index contributed by atoms with van der Waals surface area (Å²) in [6.07, 6.45) is 0.928. The van der Waals surface area contributed by atoms with Gasteiger partial charge in [0.2, 0.25) is 0 Å². The Hall–Kier alpha value is -1.13. The SMILES string of the molecule is CCC(CC)OC(=O)Nc1cc(Cl)c(OC)c(Cl)c1. The molecule has 0 heterocycles. The van der Waals surface area contributed by atoms with Crippen LogP contribution in [0.3, 0.4) is 0 Å². The largest absolute Gasteiger partial charge is 0.494 e. The molecule has 0 fully saturated rings. The van der Waals surface area contributed by atoms with Crippen LogP contribution in [0.4, 0.5) is 10.5 Å². The summed E-state index contributed by atoms with van der Waals surface area (Å²) in [5.41, 5.74) is 0.465. The standard InChI is InChI=1S/C13H17Cl2NO3/c1-4-9(5-2)19-13(17)16-8-6-10(14)12(18-3)11(15)7-8/h6-7,9H,4-5H2,1-3H3,(H,16,17). The van der Waals surface area contributed by atoms with Crippen LogP contribution in [-0.2, 0) is 4.74 Å². The van der Waals surface area contributed by atoms with Gasteiger partial charge in [-0.25, -0.2) is 4.79 Å². The molecular weight excluding hydrogens is 289 g/mol. The van der Waals surface area contributed by atoms with E-state index in [1.807, 2.05) is 13.8 Å². The van der Waals surface area contributed by atoms with Crippen molar-refractivity contribution in [2.75, 3.05) is 12.4 Å². The lowest BCUT2D eigenvalue weighted by Crippen LogP contribution is -2.21. The Morgan fingerprint density at radius 2 is 1.79 bits per heavy atom. The molecule has 0 aliphatic rings. The van der Waals surface area contributed by atoms with Crippen LogP contribution in [0, 0.1) is 0 Å². The van der Waals surface area contributed by atoms with Gasteiger partial charge in [0.25, 0.3) is 0 Å². The van der Waals surface area contributed by atoms with Crippen LogP contribution >= 0.6 is 23.2 Å². The maximum absolute atomic E-state index is 11.7. The molecule has 1 aromatic carbocycles. The summed E-state index contributed by atoms with van der Waals surface area (Å²) in [6.45, 7) is 3.92. The number of halogens is 2. The zero-order chi connectivity index (χ0) is 14.4. The number of hydrogen-bond donors (Lipinski definition) is 1. The van der Waals surface area contributed by atoms with E-state index in [1.165, 1.54) is 7.11 Å². The van der Waals surface area contributed by atoms with E-state index < -0.39 is 6.09 Å². The first kappa shape index (κ1) is 15.9. The van der Waals surface area contributed by atoms with Gasteiger partial charge in [0.05, 0.1) is 17.2 Å². The predicted octanol–water partition coefficient (Wildman–Crippen LogP) is 4.74. The number of benzene rings is 1. The first-order valence-electron chi connectivity index (χ1n) is 6.02. The first-order valence-corrected chi connectivity index (χ1v) is 6.78. The first-order chi connectivity index (χ1) is 9.01. The summed E-state index contributed by atoms with van der Waals surface area (Å²) in [7, 11) is 1.47. The zero-order valence-electron chi connectivity index (χ0n) is 11.1. The topological polar surface area (TPSA) is 47.6 Å². The summed E-state index contributed by atoms with van der Waals surface area (Å²) < 4.78 is 10.2. The van der Waals surface area contributed by atoms with E-state index >= 15 is 0 Å². The number of carbonyl (C=O) groups is 1. The molecule has 1 N–H and O–H groups in total. The van der Waals surface area contributed by atoms with E-state index in [0.29, 0.717) is 21.5 Å². The summed E-state index contributed by atoms with van der Waals surface area (Å²) in [5, 5.41) is 3.24. The molecule has 0 spiro atoms. The van der Waals surface area contributed by atoms with Crippen molar-refractivity contribution in [1.29, 1.82) is 0 Å². The minimum atomic E-state index is -0.522. The van der Waals surface area contributed by atoms with Gasteiger partial charge in [0, 0.05) is 5.69 Å². The Morgan fingerprint density at radius 3 is 2.21 bits per heavy atom. The van der Waals surface area contributed by atoms with Gasteiger partial charge < -0.3 is 9.47 Å². The third-order valence-corrected chi connectivity index (χ3v) is 3.19. The van der Waals surface area contributed by atoms with Crippen molar-refractivity contribution in [3.63, 3.8) is 0 Å². The lowest BCUT2D eigenvalue weighted by atomic mass is 10.2. The molecule has 0 unspecified atom stereocenters. The van der Waals surface area contributed by atoms with Crippen molar-refractivity contribution in [3.05, 3.63) is 22.2 Å². The van der Waals surface area contributed by atoms with E-state index in [0.717, 1.165) is 12.8 Å². The van der Waals surface area contributed by atoms with E-state index in [1.54, 1.807) is 12.1 Å². The van der Waals surface area contributed by atoms with Gasteiger partial charge in [-0.1, -0.05) is 37.0 Å².